The van der Waals surface area contributed by atoms with Gasteiger partial charge < -0.3 is 45.4 Å². The number of likely N-dealkylation sites (tertiary alicyclic amines) is 2. The van der Waals surface area contributed by atoms with Crippen molar-refractivity contribution in [1.29, 1.82) is 0 Å². The minimum atomic E-state index is -1.33. The molecule has 0 aliphatic carbocycles. The fraction of sp³-hybridized carbons (Fsp3) is 0.409. The summed E-state index contributed by atoms with van der Waals surface area (Å²) < 4.78 is 15.9. The molecule has 0 bridgehead atoms. The van der Waals surface area contributed by atoms with E-state index in [1.54, 1.807) is 53.3 Å². The van der Waals surface area contributed by atoms with Crippen molar-refractivity contribution < 1.29 is 33.4 Å². The molecule has 2 aliphatic rings. The second-order valence-corrected chi connectivity index (χ2v) is 14.6. The van der Waals surface area contributed by atoms with Gasteiger partial charge in [-0.15, -0.1) is 0 Å². The molecule has 3 aromatic rings. The second-order valence-electron chi connectivity index (χ2n) is 14.6. The number of hydrogen-bond donors (Lipinski definition) is 4. The van der Waals surface area contributed by atoms with Gasteiger partial charge in [-0.2, -0.15) is 0 Å². The number of rotatable bonds is 12. The van der Waals surface area contributed by atoms with E-state index in [1.807, 2.05) is 57.2 Å². The number of amides is 4. The maximum atomic E-state index is 13.9. The minimum absolute atomic E-state index is 0.183. The Morgan fingerprint density at radius 3 is 2.24 bits per heavy atom. The van der Waals surface area contributed by atoms with Gasteiger partial charge in [0.25, 0.3) is 5.91 Å². The number of hydrogen-bond acceptors (Lipinski definition) is 9. The first-order valence-corrected chi connectivity index (χ1v) is 19.6. The van der Waals surface area contributed by atoms with Crippen molar-refractivity contribution in [2.45, 2.75) is 83.1 Å². The summed E-state index contributed by atoms with van der Waals surface area (Å²) >= 11 is 0. The van der Waals surface area contributed by atoms with Crippen LogP contribution in [0, 0.1) is 29.6 Å². The Morgan fingerprint density at radius 2 is 1.58 bits per heavy atom. The van der Waals surface area contributed by atoms with Crippen molar-refractivity contribution in [1.82, 2.24) is 30.4 Å². The standard InChI is InChI=1S/C44H52N8O7/c1-7-35(59-32-21-12-9-13-22-32)44(4,50-38(45)33-23-16-26-51(33)40(53)36(29(2)3)48-42(55)57-5)25-15-14-20-31-28-46-39(47-31)34-24-17-27-52(34)41(54)37(49-43(56)58-6)30-18-10-8-11-19-30/h7-13,18-19,21-22,28-29,33-34,36-37H,16-17,23-24,26-27H2,1-6H3,(H2,45,50)(H,46,47)(H,48,55)(H,49,56)/b35-7+/t33-,34-,36-,37+,44?/m0/s1. The SMILES string of the molecule is C/C=C(/Oc1ccccc1)C(C)(C#CC#Cc1cnc([C@@H]2CCCN2C(=O)[C@H](NC(=O)OC)c2ccccc2)[nH]1)/N=C(\N)[C@@H]1CCCN1C(=O)[C@@H](NC(=O)OC)C(C)C. The molecule has 0 spiro atoms. The van der Waals surface area contributed by atoms with Crippen molar-refractivity contribution in [3.05, 3.63) is 95.8 Å². The molecule has 1 aromatic heterocycles. The van der Waals surface area contributed by atoms with Gasteiger partial charge >= 0.3 is 12.2 Å². The first-order chi connectivity index (χ1) is 28.4. The molecule has 0 radical (unpaired) electrons. The fourth-order valence-electron chi connectivity index (χ4n) is 7.16. The van der Waals surface area contributed by atoms with Crippen LogP contribution in [-0.4, -0.2) is 94.5 Å². The van der Waals surface area contributed by atoms with Gasteiger partial charge in [-0.1, -0.05) is 68.3 Å². The molecule has 2 saturated heterocycles. The van der Waals surface area contributed by atoms with Gasteiger partial charge in [0, 0.05) is 13.1 Å². The normalized spacial score (nSPS) is 18.6. The number of aliphatic imine (C=N–C) groups is 1. The highest BCUT2D eigenvalue weighted by molar-refractivity contribution is 5.94. The van der Waals surface area contributed by atoms with Crippen LogP contribution in [-0.2, 0) is 19.1 Å². The Morgan fingerprint density at radius 1 is 0.932 bits per heavy atom. The van der Waals surface area contributed by atoms with Crippen molar-refractivity contribution >= 4 is 29.8 Å². The van der Waals surface area contributed by atoms with Crippen molar-refractivity contribution in [2.24, 2.45) is 16.6 Å². The zero-order chi connectivity index (χ0) is 42.5. The lowest BCUT2D eigenvalue weighted by molar-refractivity contribution is -0.135. The number of benzene rings is 2. The molecular formula is C44H52N8O7. The summed E-state index contributed by atoms with van der Waals surface area (Å²) in [4.78, 5) is 68.1. The van der Waals surface area contributed by atoms with Crippen LogP contribution in [0.3, 0.4) is 0 Å². The van der Waals surface area contributed by atoms with Crippen LogP contribution >= 0.6 is 0 Å². The molecular weight excluding hydrogens is 753 g/mol. The Balaban J connectivity index is 1.40. The molecule has 5 rings (SSSR count). The third-order valence-corrected chi connectivity index (χ3v) is 10.2. The number of amidine groups is 1. The van der Waals surface area contributed by atoms with E-state index in [4.69, 9.17) is 24.9 Å². The summed E-state index contributed by atoms with van der Waals surface area (Å²) in [5, 5.41) is 5.33. The number of imidazole rings is 1. The number of nitrogens with zero attached hydrogens (tertiary/aromatic N) is 4. The number of alkyl carbamates (subject to hydrolysis) is 2. The number of carbonyl (C=O) groups excluding carboxylic acids is 4. The average Bonchev–Trinajstić information content (AvgIpc) is 4.04. The molecule has 15 heteroatoms. The lowest BCUT2D eigenvalue weighted by atomic mass is 9.99. The van der Waals surface area contributed by atoms with Crippen molar-refractivity contribution in [3.8, 4) is 29.4 Å². The highest BCUT2D eigenvalue weighted by Crippen LogP contribution is 2.33. The highest BCUT2D eigenvalue weighted by atomic mass is 16.5. The van der Waals surface area contributed by atoms with Gasteiger partial charge in [-0.05, 0) is 87.0 Å². The molecule has 310 valence electrons. The largest absolute Gasteiger partial charge is 0.458 e. The molecule has 0 saturated carbocycles. The maximum Gasteiger partial charge on any atom is 0.407 e. The van der Waals surface area contributed by atoms with Crippen molar-refractivity contribution in [2.75, 3.05) is 27.3 Å². The molecule has 59 heavy (non-hydrogen) atoms. The Kier molecular flexibility index (Phi) is 14.8. The maximum absolute atomic E-state index is 13.9. The average molecular weight is 805 g/mol. The second kappa shape index (κ2) is 20.1. The van der Waals surface area contributed by atoms with E-state index in [0.717, 1.165) is 6.42 Å². The predicted octanol–water partition coefficient (Wildman–Crippen LogP) is 5.00. The summed E-state index contributed by atoms with van der Waals surface area (Å²) in [7, 11) is 2.50. The number of ether oxygens (including phenoxy) is 3. The Bertz CT molecular complexity index is 2150. The number of H-pyrrole nitrogens is 1. The van der Waals surface area contributed by atoms with Crippen molar-refractivity contribution in [3.63, 3.8) is 0 Å². The van der Waals surface area contributed by atoms with Crippen LogP contribution in [0.15, 0.2) is 83.7 Å². The van der Waals surface area contributed by atoms with E-state index in [1.165, 1.54) is 14.2 Å². The van der Waals surface area contributed by atoms with Crippen LogP contribution in [0.2, 0.25) is 0 Å². The summed E-state index contributed by atoms with van der Waals surface area (Å²) in [6, 6.07) is 15.5. The minimum Gasteiger partial charge on any atom is -0.458 e. The quantitative estimate of drug-likeness (QED) is 0.0845. The first-order valence-electron chi connectivity index (χ1n) is 19.6. The zero-order valence-electron chi connectivity index (χ0n) is 34.3. The predicted molar refractivity (Wildman–Crippen MR) is 221 cm³/mol. The van der Waals surface area contributed by atoms with Gasteiger partial charge in [0.15, 0.2) is 5.54 Å². The molecule has 2 fully saturated rings. The molecule has 5 atom stereocenters. The Hall–Kier alpha value is -6.74. The molecule has 4 amide bonds. The number of nitrogens with one attached hydrogen (secondary N) is 3. The topological polar surface area (TPSA) is 194 Å². The lowest BCUT2D eigenvalue weighted by Gasteiger charge is -2.31. The van der Waals surface area contributed by atoms with Crippen LogP contribution in [0.4, 0.5) is 9.59 Å². The van der Waals surface area contributed by atoms with Crippen LogP contribution in [0.5, 0.6) is 5.75 Å². The van der Waals surface area contributed by atoms with Crippen LogP contribution in [0.1, 0.15) is 82.5 Å². The summed E-state index contributed by atoms with van der Waals surface area (Å²) in [6.45, 7) is 8.19. The van der Waals surface area contributed by atoms with E-state index >= 15 is 0 Å². The number of allylic oxidation sites excluding steroid dienone is 1. The van der Waals surface area contributed by atoms with Gasteiger partial charge in [0.05, 0.1) is 32.5 Å². The van der Waals surface area contributed by atoms with Crippen LogP contribution in [0.25, 0.3) is 0 Å². The van der Waals surface area contributed by atoms with E-state index in [9.17, 15) is 19.2 Å². The first kappa shape index (κ1) is 43.4. The van der Waals surface area contributed by atoms with E-state index < -0.39 is 35.9 Å². The number of methoxy groups -OCH3 is 2. The van der Waals surface area contributed by atoms with Gasteiger partial charge in [-0.3, -0.25) is 9.59 Å². The Labute approximate surface area is 345 Å². The van der Waals surface area contributed by atoms with Crippen LogP contribution < -0.4 is 21.1 Å². The van der Waals surface area contributed by atoms with E-state index in [2.05, 4.69) is 44.3 Å². The van der Waals surface area contributed by atoms with E-state index in [0.29, 0.717) is 60.9 Å². The zero-order valence-corrected chi connectivity index (χ0v) is 34.3. The summed E-state index contributed by atoms with van der Waals surface area (Å²) in [6.07, 6.45) is 4.62. The van der Waals surface area contributed by atoms with Gasteiger partial charge in [0.2, 0.25) is 5.91 Å². The molecule has 2 aromatic carbocycles. The lowest BCUT2D eigenvalue weighted by Crippen LogP contribution is -2.55. The number of carbonyl (C=O) groups is 4. The third kappa shape index (κ3) is 10.8. The van der Waals surface area contributed by atoms with Gasteiger partial charge in [-0.25, -0.2) is 19.6 Å². The number of aromatic amines is 1. The molecule has 1 unspecified atom stereocenters. The fourth-order valence-corrected chi connectivity index (χ4v) is 7.16. The third-order valence-electron chi connectivity index (χ3n) is 10.2. The molecule has 2 aliphatic heterocycles. The number of nitrogens with two attached hydrogens (primary N) is 1. The molecule has 5 N–H and O–H groups in total. The highest BCUT2D eigenvalue weighted by Gasteiger charge is 2.40. The smallest absolute Gasteiger partial charge is 0.407 e. The summed E-state index contributed by atoms with van der Waals surface area (Å²) in [5.74, 6) is 12.9. The number of aromatic nitrogens is 2. The molecule has 15 nitrogen and oxygen atoms in total. The molecule has 3 heterocycles. The van der Waals surface area contributed by atoms with Gasteiger partial charge in [0.1, 0.15) is 40.9 Å². The summed E-state index contributed by atoms with van der Waals surface area (Å²) in [5.41, 5.74) is 6.53. The number of para-hydroxylation sites is 1. The van der Waals surface area contributed by atoms with E-state index in [-0.39, 0.29) is 29.6 Å². The monoisotopic (exact) mass is 804 g/mol.